The first-order valence-electron chi connectivity index (χ1n) is 6.25. The average Bonchev–Trinajstić information content (AvgIpc) is 2.30. The molecule has 96 valence electrons. The molecular formula is C14H21F2N. The average molecular weight is 241 g/mol. The van der Waals surface area contributed by atoms with E-state index >= 15 is 0 Å². The van der Waals surface area contributed by atoms with Crippen molar-refractivity contribution in [3.05, 3.63) is 35.4 Å². The summed E-state index contributed by atoms with van der Waals surface area (Å²) in [6.07, 6.45) is 1.56. The SMILES string of the molecule is CCNC(CC)C(C)Cc1cc(F)ccc1F. The van der Waals surface area contributed by atoms with Crippen molar-refractivity contribution >= 4 is 0 Å². The van der Waals surface area contributed by atoms with Crippen LogP contribution in [0.15, 0.2) is 18.2 Å². The summed E-state index contributed by atoms with van der Waals surface area (Å²) in [4.78, 5) is 0. The fourth-order valence-corrected chi connectivity index (χ4v) is 2.20. The standard InChI is InChI=1S/C14H21F2N/c1-4-14(17-5-2)10(3)8-11-9-12(15)6-7-13(11)16/h6-7,9-10,14,17H,4-5,8H2,1-3H3. The predicted octanol–water partition coefficient (Wildman–Crippen LogP) is 3.53. The van der Waals surface area contributed by atoms with Crippen LogP contribution in [0.4, 0.5) is 8.78 Å². The Balaban J connectivity index is 2.72. The molecule has 0 amide bonds. The maximum atomic E-state index is 13.5. The molecule has 1 rings (SSSR count). The van der Waals surface area contributed by atoms with Crippen LogP contribution in [-0.4, -0.2) is 12.6 Å². The van der Waals surface area contributed by atoms with Crippen molar-refractivity contribution in [3.8, 4) is 0 Å². The van der Waals surface area contributed by atoms with Gasteiger partial charge in [-0.05, 0) is 49.1 Å². The lowest BCUT2D eigenvalue weighted by atomic mass is 9.92. The van der Waals surface area contributed by atoms with Gasteiger partial charge in [0.2, 0.25) is 0 Å². The molecule has 0 saturated carbocycles. The van der Waals surface area contributed by atoms with Crippen LogP contribution in [0.3, 0.4) is 0 Å². The lowest BCUT2D eigenvalue weighted by Crippen LogP contribution is -2.35. The zero-order valence-corrected chi connectivity index (χ0v) is 10.8. The molecule has 17 heavy (non-hydrogen) atoms. The number of hydrogen-bond donors (Lipinski definition) is 1. The minimum Gasteiger partial charge on any atom is -0.314 e. The quantitative estimate of drug-likeness (QED) is 0.803. The van der Waals surface area contributed by atoms with Gasteiger partial charge in [-0.3, -0.25) is 0 Å². The molecule has 0 saturated heterocycles. The highest BCUT2D eigenvalue weighted by Gasteiger charge is 2.16. The van der Waals surface area contributed by atoms with Gasteiger partial charge in [-0.15, -0.1) is 0 Å². The maximum Gasteiger partial charge on any atom is 0.126 e. The smallest absolute Gasteiger partial charge is 0.126 e. The van der Waals surface area contributed by atoms with Crippen LogP contribution < -0.4 is 5.32 Å². The van der Waals surface area contributed by atoms with Gasteiger partial charge in [0.25, 0.3) is 0 Å². The van der Waals surface area contributed by atoms with Crippen molar-refractivity contribution in [2.75, 3.05) is 6.54 Å². The molecule has 3 heteroatoms. The Morgan fingerprint density at radius 2 is 1.94 bits per heavy atom. The van der Waals surface area contributed by atoms with Gasteiger partial charge in [-0.1, -0.05) is 20.8 Å². The summed E-state index contributed by atoms with van der Waals surface area (Å²) in [5.74, 6) is -0.397. The third kappa shape index (κ3) is 4.08. The van der Waals surface area contributed by atoms with Gasteiger partial charge in [0.05, 0.1) is 0 Å². The minimum atomic E-state index is -0.370. The Labute approximate surface area is 102 Å². The van der Waals surface area contributed by atoms with E-state index in [0.717, 1.165) is 19.0 Å². The molecular weight excluding hydrogens is 220 g/mol. The normalized spacial score (nSPS) is 14.6. The molecule has 0 radical (unpaired) electrons. The molecule has 0 aromatic heterocycles. The second-order valence-electron chi connectivity index (χ2n) is 4.49. The molecule has 0 bridgehead atoms. The Morgan fingerprint density at radius 1 is 1.24 bits per heavy atom. The first-order chi connectivity index (χ1) is 8.08. The van der Waals surface area contributed by atoms with Crippen molar-refractivity contribution in [1.82, 2.24) is 5.32 Å². The summed E-state index contributed by atoms with van der Waals surface area (Å²) in [5, 5.41) is 3.37. The van der Waals surface area contributed by atoms with Crippen LogP contribution in [-0.2, 0) is 6.42 Å². The summed E-state index contributed by atoms with van der Waals surface area (Å²) >= 11 is 0. The Bertz CT molecular complexity index is 352. The third-order valence-electron chi connectivity index (χ3n) is 3.14. The second kappa shape index (κ2) is 6.70. The van der Waals surface area contributed by atoms with Crippen LogP contribution in [0.25, 0.3) is 0 Å². The van der Waals surface area contributed by atoms with E-state index in [4.69, 9.17) is 0 Å². The van der Waals surface area contributed by atoms with Crippen LogP contribution in [0.5, 0.6) is 0 Å². The second-order valence-corrected chi connectivity index (χ2v) is 4.49. The molecule has 0 heterocycles. The molecule has 1 N–H and O–H groups in total. The van der Waals surface area contributed by atoms with Gasteiger partial charge in [-0.2, -0.15) is 0 Å². The predicted molar refractivity (Wildman–Crippen MR) is 67.0 cm³/mol. The number of benzene rings is 1. The van der Waals surface area contributed by atoms with E-state index in [-0.39, 0.29) is 17.6 Å². The summed E-state index contributed by atoms with van der Waals surface area (Å²) in [5.41, 5.74) is 0.467. The summed E-state index contributed by atoms with van der Waals surface area (Å²) in [6, 6.07) is 4.00. The maximum absolute atomic E-state index is 13.5. The minimum absolute atomic E-state index is 0.288. The van der Waals surface area contributed by atoms with Gasteiger partial charge in [0, 0.05) is 6.04 Å². The molecule has 0 aliphatic carbocycles. The van der Waals surface area contributed by atoms with Crippen molar-refractivity contribution < 1.29 is 8.78 Å². The summed E-state index contributed by atoms with van der Waals surface area (Å²) in [7, 11) is 0. The summed E-state index contributed by atoms with van der Waals surface area (Å²) < 4.78 is 26.5. The topological polar surface area (TPSA) is 12.0 Å². The van der Waals surface area contributed by atoms with Crippen molar-refractivity contribution in [2.45, 2.75) is 39.7 Å². The van der Waals surface area contributed by atoms with Crippen LogP contribution in [0.2, 0.25) is 0 Å². The monoisotopic (exact) mass is 241 g/mol. The Hall–Kier alpha value is -0.960. The molecule has 2 unspecified atom stereocenters. The highest BCUT2D eigenvalue weighted by atomic mass is 19.1. The van der Waals surface area contributed by atoms with Crippen LogP contribution in [0, 0.1) is 17.6 Å². The van der Waals surface area contributed by atoms with Gasteiger partial charge in [0.15, 0.2) is 0 Å². The lowest BCUT2D eigenvalue weighted by molar-refractivity contribution is 0.366. The molecule has 1 aromatic carbocycles. The molecule has 1 aromatic rings. The Kier molecular flexibility index (Phi) is 5.56. The highest BCUT2D eigenvalue weighted by Crippen LogP contribution is 2.18. The van der Waals surface area contributed by atoms with E-state index < -0.39 is 0 Å². The van der Waals surface area contributed by atoms with E-state index in [9.17, 15) is 8.78 Å². The molecule has 0 aliphatic heterocycles. The van der Waals surface area contributed by atoms with E-state index in [2.05, 4.69) is 26.1 Å². The van der Waals surface area contributed by atoms with Crippen LogP contribution >= 0.6 is 0 Å². The zero-order chi connectivity index (χ0) is 12.8. The van der Waals surface area contributed by atoms with Gasteiger partial charge in [0.1, 0.15) is 11.6 Å². The largest absolute Gasteiger partial charge is 0.314 e. The molecule has 2 atom stereocenters. The van der Waals surface area contributed by atoms with Gasteiger partial charge < -0.3 is 5.32 Å². The number of nitrogens with one attached hydrogen (secondary N) is 1. The molecule has 0 aliphatic rings. The van der Waals surface area contributed by atoms with E-state index in [1.54, 1.807) is 0 Å². The highest BCUT2D eigenvalue weighted by molar-refractivity contribution is 5.19. The molecule has 1 nitrogen and oxygen atoms in total. The Morgan fingerprint density at radius 3 is 2.53 bits per heavy atom. The van der Waals surface area contributed by atoms with Crippen molar-refractivity contribution in [3.63, 3.8) is 0 Å². The van der Waals surface area contributed by atoms with E-state index in [1.807, 2.05) is 0 Å². The van der Waals surface area contributed by atoms with Crippen molar-refractivity contribution in [2.24, 2.45) is 5.92 Å². The van der Waals surface area contributed by atoms with Gasteiger partial charge in [-0.25, -0.2) is 8.78 Å². The van der Waals surface area contributed by atoms with Crippen molar-refractivity contribution in [1.29, 1.82) is 0 Å². The zero-order valence-electron chi connectivity index (χ0n) is 10.8. The number of rotatable bonds is 6. The first kappa shape index (κ1) is 14.1. The first-order valence-corrected chi connectivity index (χ1v) is 6.25. The summed E-state index contributed by atoms with van der Waals surface area (Å²) in [6.45, 7) is 7.12. The van der Waals surface area contributed by atoms with E-state index in [1.165, 1.54) is 12.1 Å². The molecule has 0 spiro atoms. The third-order valence-corrected chi connectivity index (χ3v) is 3.14. The van der Waals surface area contributed by atoms with E-state index in [0.29, 0.717) is 18.0 Å². The van der Waals surface area contributed by atoms with Gasteiger partial charge >= 0.3 is 0 Å². The van der Waals surface area contributed by atoms with Crippen LogP contribution in [0.1, 0.15) is 32.8 Å². The number of hydrogen-bond acceptors (Lipinski definition) is 1. The fourth-order valence-electron chi connectivity index (χ4n) is 2.20. The lowest BCUT2D eigenvalue weighted by Gasteiger charge is -2.23. The fraction of sp³-hybridized carbons (Fsp3) is 0.571. The molecule has 0 fully saturated rings. The number of halogens is 2.